The van der Waals surface area contributed by atoms with Gasteiger partial charge in [-0.3, -0.25) is 4.79 Å². The second-order valence-electron chi connectivity index (χ2n) is 6.43. The molecule has 7 heteroatoms. The van der Waals surface area contributed by atoms with Gasteiger partial charge in [0.25, 0.3) is 5.91 Å². The van der Waals surface area contributed by atoms with E-state index in [1.165, 1.54) is 0 Å². The van der Waals surface area contributed by atoms with Gasteiger partial charge in [-0.1, -0.05) is 18.5 Å². The number of hydrogen-bond donors (Lipinski definition) is 1. The van der Waals surface area contributed by atoms with E-state index in [4.69, 9.17) is 21.1 Å². The van der Waals surface area contributed by atoms with E-state index >= 15 is 0 Å². The summed E-state index contributed by atoms with van der Waals surface area (Å²) in [7, 11) is 0. The van der Waals surface area contributed by atoms with Gasteiger partial charge in [0.1, 0.15) is 0 Å². The molecule has 1 N–H and O–H groups in total. The number of carbonyl (C=O) groups excluding carboxylic acids is 1. The van der Waals surface area contributed by atoms with Crippen molar-refractivity contribution in [2.75, 3.05) is 52.6 Å². The van der Waals surface area contributed by atoms with Crippen LogP contribution in [0.1, 0.15) is 30.1 Å². The van der Waals surface area contributed by atoms with Crippen LogP contribution in [0, 0.1) is 0 Å². The van der Waals surface area contributed by atoms with Crippen LogP contribution in [0.3, 0.4) is 0 Å². The number of nitrogens with one attached hydrogen (secondary N) is 1. The summed E-state index contributed by atoms with van der Waals surface area (Å²) < 4.78 is 10.6. The molecule has 1 amide bonds. The van der Waals surface area contributed by atoms with Gasteiger partial charge in [0.2, 0.25) is 6.79 Å². The van der Waals surface area contributed by atoms with E-state index < -0.39 is 0 Å². The molecule has 2 aliphatic rings. The normalized spacial score (nSPS) is 17.7. The van der Waals surface area contributed by atoms with E-state index in [9.17, 15) is 4.79 Å². The van der Waals surface area contributed by atoms with Crippen LogP contribution >= 0.6 is 11.6 Å². The van der Waals surface area contributed by atoms with Crippen molar-refractivity contribution in [3.63, 3.8) is 0 Å². The van der Waals surface area contributed by atoms with Crippen molar-refractivity contribution in [1.29, 1.82) is 0 Å². The Morgan fingerprint density at radius 2 is 1.92 bits per heavy atom. The molecule has 138 valence electrons. The van der Waals surface area contributed by atoms with Gasteiger partial charge in [-0.05, 0) is 38.1 Å². The minimum absolute atomic E-state index is 0.128. The summed E-state index contributed by atoms with van der Waals surface area (Å²) in [6, 6.07) is 3.30. The van der Waals surface area contributed by atoms with Crippen molar-refractivity contribution >= 4 is 17.5 Å². The van der Waals surface area contributed by atoms with E-state index in [0.717, 1.165) is 52.1 Å². The number of halogens is 1. The Morgan fingerprint density at radius 1 is 1.16 bits per heavy atom. The first kappa shape index (κ1) is 18.3. The molecule has 1 aromatic carbocycles. The Bertz CT molecular complexity index is 603. The third-order valence-corrected chi connectivity index (χ3v) is 5.07. The van der Waals surface area contributed by atoms with Gasteiger partial charge in [0.05, 0.1) is 5.02 Å². The number of carbonyl (C=O) groups is 1. The highest BCUT2D eigenvalue weighted by atomic mass is 35.5. The molecule has 0 spiro atoms. The number of rotatable bonds is 7. The van der Waals surface area contributed by atoms with Crippen molar-refractivity contribution in [2.24, 2.45) is 0 Å². The zero-order valence-electron chi connectivity index (χ0n) is 14.7. The Kier molecular flexibility index (Phi) is 6.39. The van der Waals surface area contributed by atoms with Crippen LogP contribution in [0.5, 0.6) is 11.5 Å². The maximum Gasteiger partial charge on any atom is 0.251 e. The van der Waals surface area contributed by atoms with Crippen LogP contribution in [-0.4, -0.2) is 68.3 Å². The molecule has 0 aromatic heterocycles. The molecule has 0 atom stereocenters. The average Bonchev–Trinajstić information content (AvgIpc) is 3.11. The van der Waals surface area contributed by atoms with Gasteiger partial charge in [0, 0.05) is 38.3 Å². The van der Waals surface area contributed by atoms with Crippen molar-refractivity contribution in [2.45, 2.75) is 19.8 Å². The number of amides is 1. The van der Waals surface area contributed by atoms with E-state index in [0.29, 0.717) is 28.6 Å². The maximum atomic E-state index is 12.2. The van der Waals surface area contributed by atoms with Gasteiger partial charge in [-0.15, -0.1) is 0 Å². The number of unbranched alkanes of at least 4 members (excludes halogenated alkanes) is 1. The van der Waals surface area contributed by atoms with E-state index in [2.05, 4.69) is 22.0 Å². The second kappa shape index (κ2) is 8.74. The summed E-state index contributed by atoms with van der Waals surface area (Å²) in [6.07, 6.45) is 2.06. The zero-order chi connectivity index (χ0) is 17.6. The molecule has 0 unspecified atom stereocenters. The first-order valence-corrected chi connectivity index (χ1v) is 9.37. The fourth-order valence-corrected chi connectivity index (χ4v) is 3.46. The van der Waals surface area contributed by atoms with Gasteiger partial charge in [-0.2, -0.15) is 0 Å². The van der Waals surface area contributed by atoms with Gasteiger partial charge in [0.15, 0.2) is 11.5 Å². The Morgan fingerprint density at radius 3 is 2.68 bits per heavy atom. The molecule has 0 radical (unpaired) electrons. The third-order valence-electron chi connectivity index (χ3n) is 4.79. The summed E-state index contributed by atoms with van der Waals surface area (Å²) in [5.41, 5.74) is 0.505. The molecule has 25 heavy (non-hydrogen) atoms. The van der Waals surface area contributed by atoms with Gasteiger partial charge in [-0.25, -0.2) is 0 Å². The lowest BCUT2D eigenvalue weighted by atomic mass is 10.2. The van der Waals surface area contributed by atoms with Crippen molar-refractivity contribution in [3.05, 3.63) is 22.7 Å². The maximum absolute atomic E-state index is 12.2. The summed E-state index contributed by atoms with van der Waals surface area (Å²) in [5.74, 6) is 0.919. The number of piperazine rings is 1. The first-order valence-electron chi connectivity index (χ1n) is 8.99. The number of nitrogens with zero attached hydrogens (tertiary/aromatic N) is 2. The summed E-state index contributed by atoms with van der Waals surface area (Å²) in [6.45, 7) is 9.90. The van der Waals surface area contributed by atoms with E-state index in [1.807, 2.05) is 0 Å². The van der Waals surface area contributed by atoms with Crippen LogP contribution in [0.2, 0.25) is 5.02 Å². The standard InChI is InChI=1S/C18H26ClN3O3/c1-2-21-7-9-22(10-8-21)6-4-3-5-20-18(23)14-11-15(19)17-16(12-14)24-13-25-17/h11-12H,2-10,13H2,1H3,(H,20,23). The largest absolute Gasteiger partial charge is 0.454 e. The molecule has 0 aliphatic carbocycles. The molecule has 0 saturated carbocycles. The minimum Gasteiger partial charge on any atom is -0.454 e. The van der Waals surface area contributed by atoms with Crippen molar-refractivity contribution in [3.8, 4) is 11.5 Å². The molecular formula is C18H26ClN3O3. The fourth-order valence-electron chi connectivity index (χ4n) is 3.19. The molecule has 1 aromatic rings. The number of benzene rings is 1. The highest BCUT2D eigenvalue weighted by Gasteiger charge is 2.20. The smallest absolute Gasteiger partial charge is 0.251 e. The fraction of sp³-hybridized carbons (Fsp3) is 0.611. The van der Waals surface area contributed by atoms with Gasteiger partial charge < -0.3 is 24.6 Å². The topological polar surface area (TPSA) is 54.0 Å². The second-order valence-corrected chi connectivity index (χ2v) is 6.84. The molecule has 1 fully saturated rings. The Balaban J connectivity index is 1.35. The predicted molar refractivity (Wildman–Crippen MR) is 97.7 cm³/mol. The summed E-state index contributed by atoms with van der Waals surface area (Å²) in [4.78, 5) is 17.2. The van der Waals surface area contributed by atoms with Crippen LogP contribution in [0.4, 0.5) is 0 Å². The number of ether oxygens (including phenoxy) is 2. The lowest BCUT2D eigenvalue weighted by molar-refractivity contribution is 0.0951. The van der Waals surface area contributed by atoms with E-state index in [1.54, 1.807) is 12.1 Å². The molecule has 0 bridgehead atoms. The third kappa shape index (κ3) is 4.77. The molecule has 2 aliphatic heterocycles. The SMILES string of the molecule is CCN1CCN(CCCCNC(=O)c2cc(Cl)c3c(c2)OCO3)CC1. The number of likely N-dealkylation sites (N-methyl/N-ethyl adjacent to an activating group) is 1. The predicted octanol–water partition coefficient (Wildman–Crippen LogP) is 2.22. The van der Waals surface area contributed by atoms with Crippen molar-refractivity contribution in [1.82, 2.24) is 15.1 Å². The zero-order valence-corrected chi connectivity index (χ0v) is 15.5. The highest BCUT2D eigenvalue weighted by molar-refractivity contribution is 6.32. The highest BCUT2D eigenvalue weighted by Crippen LogP contribution is 2.39. The average molecular weight is 368 g/mol. The number of hydrogen-bond acceptors (Lipinski definition) is 5. The molecule has 3 rings (SSSR count). The van der Waals surface area contributed by atoms with Crippen molar-refractivity contribution < 1.29 is 14.3 Å². The number of fused-ring (bicyclic) bond motifs is 1. The first-order chi connectivity index (χ1) is 12.2. The Labute approximate surface area is 154 Å². The summed E-state index contributed by atoms with van der Waals surface area (Å²) in [5, 5.41) is 3.36. The van der Waals surface area contributed by atoms with Crippen LogP contribution in [0.15, 0.2) is 12.1 Å². The Hall–Kier alpha value is -1.50. The monoisotopic (exact) mass is 367 g/mol. The van der Waals surface area contributed by atoms with E-state index in [-0.39, 0.29) is 12.7 Å². The van der Waals surface area contributed by atoms with Crippen LogP contribution < -0.4 is 14.8 Å². The summed E-state index contributed by atoms with van der Waals surface area (Å²) >= 11 is 6.12. The molecule has 2 heterocycles. The van der Waals surface area contributed by atoms with Crippen LogP contribution in [0.25, 0.3) is 0 Å². The molecule has 1 saturated heterocycles. The lowest BCUT2D eigenvalue weighted by Crippen LogP contribution is -2.46. The van der Waals surface area contributed by atoms with Crippen LogP contribution in [-0.2, 0) is 0 Å². The minimum atomic E-state index is -0.128. The quantitative estimate of drug-likeness (QED) is 0.749. The molecule has 6 nitrogen and oxygen atoms in total. The molecular weight excluding hydrogens is 342 g/mol. The lowest BCUT2D eigenvalue weighted by Gasteiger charge is -2.33. The van der Waals surface area contributed by atoms with Gasteiger partial charge >= 0.3 is 0 Å².